The van der Waals surface area contributed by atoms with Crippen LogP contribution < -0.4 is 10.6 Å². The quantitative estimate of drug-likeness (QED) is 0.167. The van der Waals surface area contributed by atoms with E-state index in [9.17, 15) is 23.2 Å². The van der Waals surface area contributed by atoms with Gasteiger partial charge >= 0.3 is 6.18 Å². The molecule has 8 nitrogen and oxygen atoms in total. The molecule has 4 aromatic rings. The van der Waals surface area contributed by atoms with Gasteiger partial charge in [0.2, 0.25) is 5.91 Å². The van der Waals surface area contributed by atoms with Crippen LogP contribution in [0.25, 0.3) is 21.1 Å². The normalized spacial score (nSPS) is 15.3. The molecular formula is C33H38F3N7OS. The average molecular weight is 638 g/mol. The van der Waals surface area contributed by atoms with Gasteiger partial charge in [-0.15, -0.1) is 17.9 Å². The number of allylic oxidation sites excluding steroid dienone is 1. The Morgan fingerprint density at radius 3 is 2.71 bits per heavy atom. The molecule has 12 heteroatoms. The summed E-state index contributed by atoms with van der Waals surface area (Å²) >= 11 is 1.06. The van der Waals surface area contributed by atoms with Crippen LogP contribution in [0, 0.1) is 24.2 Å². The molecule has 1 aliphatic rings. The molecule has 1 atom stereocenters. The van der Waals surface area contributed by atoms with Gasteiger partial charge in [-0.3, -0.25) is 9.69 Å². The number of benzene rings is 1. The van der Waals surface area contributed by atoms with E-state index in [4.69, 9.17) is 0 Å². The van der Waals surface area contributed by atoms with Gasteiger partial charge in [-0.25, -0.2) is 9.97 Å². The predicted molar refractivity (Wildman–Crippen MR) is 172 cm³/mol. The van der Waals surface area contributed by atoms with Crippen molar-refractivity contribution in [2.24, 2.45) is 5.92 Å². The van der Waals surface area contributed by atoms with Gasteiger partial charge in [0, 0.05) is 60.5 Å². The van der Waals surface area contributed by atoms with E-state index in [1.807, 2.05) is 17.6 Å². The number of hydrogen-bond donors (Lipinski definition) is 2. The summed E-state index contributed by atoms with van der Waals surface area (Å²) in [4.78, 5) is 24.2. The lowest BCUT2D eigenvalue weighted by atomic mass is 10.00. The molecule has 1 fully saturated rings. The van der Waals surface area contributed by atoms with Crippen molar-refractivity contribution in [3.05, 3.63) is 64.9 Å². The van der Waals surface area contributed by atoms with Crippen LogP contribution in [-0.4, -0.2) is 57.2 Å². The minimum absolute atomic E-state index is 0.0108. The number of halogens is 3. The molecule has 45 heavy (non-hydrogen) atoms. The second-order valence-corrected chi connectivity index (χ2v) is 12.7. The molecule has 5 rings (SSSR count). The van der Waals surface area contributed by atoms with Gasteiger partial charge in [0.1, 0.15) is 28.7 Å². The largest absolute Gasteiger partial charge is 0.393 e. The molecule has 2 N–H and O–H groups in total. The van der Waals surface area contributed by atoms with Crippen molar-refractivity contribution in [2.75, 3.05) is 25.0 Å². The Morgan fingerprint density at radius 1 is 1.24 bits per heavy atom. The number of likely N-dealkylation sites (tertiary alicyclic amines) is 1. The number of alkyl halides is 3. The van der Waals surface area contributed by atoms with E-state index in [2.05, 4.69) is 57.2 Å². The summed E-state index contributed by atoms with van der Waals surface area (Å²) in [7, 11) is 0. The second-order valence-electron chi connectivity index (χ2n) is 11.6. The Labute approximate surface area is 264 Å². The maximum atomic E-state index is 12.9. The van der Waals surface area contributed by atoms with Crippen molar-refractivity contribution in [2.45, 2.75) is 71.3 Å². The van der Waals surface area contributed by atoms with Crippen molar-refractivity contribution in [3.8, 4) is 6.07 Å². The van der Waals surface area contributed by atoms with Gasteiger partial charge in [0.25, 0.3) is 0 Å². The predicted octanol–water partition coefficient (Wildman–Crippen LogP) is 6.73. The number of aryl methyl sites for hydroxylation is 2. The zero-order valence-electron chi connectivity index (χ0n) is 25.6. The zero-order chi connectivity index (χ0) is 32.1. The number of anilines is 1. The molecule has 1 aromatic carbocycles. The van der Waals surface area contributed by atoms with Crippen LogP contribution >= 0.6 is 11.3 Å². The average Bonchev–Trinajstić information content (AvgIpc) is 3.58. The topological polar surface area (TPSA) is 98.9 Å². The lowest BCUT2D eigenvalue weighted by molar-refractivity contribution is -0.127. The summed E-state index contributed by atoms with van der Waals surface area (Å²) in [6.07, 6.45) is 0.891. The third-order valence-corrected chi connectivity index (χ3v) is 9.58. The molecule has 0 radical (unpaired) electrons. The molecule has 238 valence electrons. The molecule has 3 aromatic heterocycles. The lowest BCUT2D eigenvalue weighted by Crippen LogP contribution is -2.39. The summed E-state index contributed by atoms with van der Waals surface area (Å²) in [5, 5.41) is 18.0. The van der Waals surface area contributed by atoms with Crippen LogP contribution in [0.1, 0.15) is 54.3 Å². The van der Waals surface area contributed by atoms with Crippen molar-refractivity contribution >= 4 is 44.2 Å². The summed E-state index contributed by atoms with van der Waals surface area (Å²) in [5.74, 6) is 0.405. The first kappa shape index (κ1) is 32.4. The number of nitrogens with one attached hydrogen (secondary N) is 2. The van der Waals surface area contributed by atoms with Gasteiger partial charge in [0.05, 0.1) is 11.8 Å². The third kappa shape index (κ3) is 7.65. The van der Waals surface area contributed by atoms with E-state index in [1.165, 1.54) is 11.9 Å². The zero-order valence-corrected chi connectivity index (χ0v) is 26.4. The van der Waals surface area contributed by atoms with Crippen molar-refractivity contribution in [3.63, 3.8) is 0 Å². The van der Waals surface area contributed by atoms with E-state index in [0.717, 1.165) is 60.3 Å². The maximum absolute atomic E-state index is 12.9. The Kier molecular flexibility index (Phi) is 10.1. The fourth-order valence-corrected chi connectivity index (χ4v) is 7.19. The highest BCUT2D eigenvalue weighted by atomic mass is 32.1. The summed E-state index contributed by atoms with van der Waals surface area (Å²) in [5.41, 5.74) is 3.92. The van der Waals surface area contributed by atoms with Gasteiger partial charge in [-0.05, 0) is 68.9 Å². The number of aromatic nitrogens is 3. The smallest absolute Gasteiger partial charge is 0.367 e. The van der Waals surface area contributed by atoms with Gasteiger partial charge in [0.15, 0.2) is 0 Å². The highest BCUT2D eigenvalue weighted by molar-refractivity contribution is 7.18. The molecule has 0 spiro atoms. The van der Waals surface area contributed by atoms with Crippen LogP contribution in [0.2, 0.25) is 0 Å². The molecule has 1 saturated heterocycles. The molecular weight excluding hydrogens is 599 g/mol. The number of rotatable bonds is 12. The molecule has 0 saturated carbocycles. The number of nitriles is 1. The van der Waals surface area contributed by atoms with Gasteiger partial charge in [-0.2, -0.15) is 18.4 Å². The fourth-order valence-electron chi connectivity index (χ4n) is 6.16. The van der Waals surface area contributed by atoms with Crippen LogP contribution in [0.4, 0.5) is 19.0 Å². The molecule has 1 unspecified atom stereocenters. The maximum Gasteiger partial charge on any atom is 0.393 e. The number of thiophene rings is 1. The molecule has 0 aliphatic carbocycles. The SMILES string of the molecule is C=CCC(CCn1c(C#N)cc2c(C)c(CN3CCC(Nc4ncnc5sc(CC(F)(F)F)cc45)CC3)ccc21)C(=O)NCC. The highest BCUT2D eigenvalue weighted by Gasteiger charge is 2.29. The second kappa shape index (κ2) is 14.0. The number of amides is 1. The fraction of sp³-hybridized carbons (Fsp3) is 0.455. The van der Waals surface area contributed by atoms with Crippen LogP contribution in [0.15, 0.2) is 43.2 Å². The third-order valence-electron chi connectivity index (χ3n) is 8.53. The first-order valence-electron chi connectivity index (χ1n) is 15.3. The Morgan fingerprint density at radius 2 is 2.02 bits per heavy atom. The summed E-state index contributed by atoms with van der Waals surface area (Å²) in [6, 6.07) is 10.2. The Bertz CT molecular complexity index is 1710. The number of piperidine rings is 1. The van der Waals surface area contributed by atoms with E-state index >= 15 is 0 Å². The molecule has 4 heterocycles. The van der Waals surface area contributed by atoms with Crippen molar-refractivity contribution in [1.29, 1.82) is 5.26 Å². The Balaban J connectivity index is 1.23. The molecule has 1 amide bonds. The van der Waals surface area contributed by atoms with Gasteiger partial charge in [-0.1, -0.05) is 12.1 Å². The number of nitrogens with zero attached hydrogens (tertiary/aromatic N) is 5. The lowest BCUT2D eigenvalue weighted by Gasteiger charge is -2.33. The summed E-state index contributed by atoms with van der Waals surface area (Å²) in [6.45, 7) is 11.5. The first-order chi connectivity index (χ1) is 21.6. The standard InChI is InChI=1S/C33H38F3N7OS/c1-4-6-22(31(44)38-5-2)9-14-43-25(18-37)15-27-21(3)23(7-8-29(27)43)19-42-12-10-24(11-13-42)41-30-28-16-26(17-33(34,35)36)45-32(28)40-20-39-30/h4,7-8,15-16,20,22,24H,1,5-6,9-14,17,19H2,2-3H3,(H,38,44)(H,39,40,41). The first-order valence-corrected chi connectivity index (χ1v) is 16.1. The molecule has 0 bridgehead atoms. The van der Waals surface area contributed by atoms with Crippen LogP contribution in [0.3, 0.4) is 0 Å². The molecule has 1 aliphatic heterocycles. The van der Waals surface area contributed by atoms with E-state index < -0.39 is 12.6 Å². The van der Waals surface area contributed by atoms with E-state index in [0.29, 0.717) is 47.7 Å². The number of hydrogen-bond acceptors (Lipinski definition) is 7. The number of carbonyl (C=O) groups is 1. The minimum Gasteiger partial charge on any atom is -0.367 e. The van der Waals surface area contributed by atoms with Crippen molar-refractivity contribution < 1.29 is 18.0 Å². The Hall–Kier alpha value is -3.95. The monoisotopic (exact) mass is 637 g/mol. The van der Waals surface area contributed by atoms with Crippen molar-refractivity contribution in [1.82, 2.24) is 24.8 Å². The van der Waals surface area contributed by atoms with Crippen LogP contribution in [0.5, 0.6) is 0 Å². The van der Waals surface area contributed by atoms with E-state index in [1.54, 1.807) is 12.1 Å². The number of carbonyl (C=O) groups excluding carboxylic acids is 1. The van der Waals surface area contributed by atoms with E-state index in [-0.39, 0.29) is 22.7 Å². The number of fused-ring (bicyclic) bond motifs is 2. The summed E-state index contributed by atoms with van der Waals surface area (Å²) < 4.78 is 40.8. The highest BCUT2D eigenvalue weighted by Crippen LogP contribution is 2.33. The van der Waals surface area contributed by atoms with Crippen LogP contribution in [-0.2, 0) is 24.3 Å². The minimum atomic E-state index is -4.26. The van der Waals surface area contributed by atoms with Gasteiger partial charge < -0.3 is 15.2 Å².